The third-order valence-electron chi connectivity index (χ3n) is 4.50. The Hall–Kier alpha value is -3.10. The molecule has 0 saturated heterocycles. The normalized spacial score (nSPS) is 12.5. The molecule has 0 aromatic heterocycles. The van der Waals surface area contributed by atoms with Crippen molar-refractivity contribution in [1.29, 1.82) is 0 Å². The van der Waals surface area contributed by atoms with E-state index in [4.69, 9.17) is 27.2 Å². The highest BCUT2D eigenvalue weighted by molar-refractivity contribution is 6.30. The van der Waals surface area contributed by atoms with Crippen molar-refractivity contribution in [2.75, 3.05) is 6.61 Å². The van der Waals surface area contributed by atoms with Crippen molar-refractivity contribution in [3.8, 4) is 5.75 Å². The number of aryl methyl sites for hydroxylation is 1. The summed E-state index contributed by atoms with van der Waals surface area (Å²) < 4.78 is 5.21. The maximum absolute atomic E-state index is 12.4. The molecule has 9 heteroatoms. The second kappa shape index (κ2) is 11.9. The number of benzene rings is 2. The summed E-state index contributed by atoms with van der Waals surface area (Å²) in [5.74, 6) is -1.66. The lowest BCUT2D eigenvalue weighted by Crippen LogP contribution is -2.50. The Morgan fingerprint density at radius 1 is 1.13 bits per heavy atom. The van der Waals surface area contributed by atoms with E-state index in [1.807, 2.05) is 30.3 Å². The fourth-order valence-electron chi connectivity index (χ4n) is 2.79. The monoisotopic (exact) mass is 447 g/mol. The summed E-state index contributed by atoms with van der Waals surface area (Å²) >= 11 is 5.98. The van der Waals surface area contributed by atoms with Crippen molar-refractivity contribution < 1.29 is 24.2 Å². The van der Waals surface area contributed by atoms with Gasteiger partial charge in [-0.05, 0) is 43.5 Å². The van der Waals surface area contributed by atoms with Gasteiger partial charge >= 0.3 is 5.97 Å². The van der Waals surface area contributed by atoms with E-state index in [0.29, 0.717) is 29.2 Å². The number of carbonyl (C=O) groups is 3. The summed E-state index contributed by atoms with van der Waals surface area (Å²) in [7, 11) is 0. The lowest BCUT2D eigenvalue weighted by Gasteiger charge is -2.18. The zero-order valence-electron chi connectivity index (χ0n) is 17.1. The van der Waals surface area contributed by atoms with E-state index < -0.39 is 36.5 Å². The van der Waals surface area contributed by atoms with Crippen LogP contribution in [0.4, 0.5) is 0 Å². The van der Waals surface area contributed by atoms with Crippen LogP contribution in [0.1, 0.15) is 24.5 Å². The second-order valence-electron chi connectivity index (χ2n) is 7.01. The first-order valence-electron chi connectivity index (χ1n) is 9.77. The molecular formula is C22H26ClN3O5. The molecule has 2 amide bonds. The van der Waals surface area contributed by atoms with E-state index >= 15 is 0 Å². The van der Waals surface area contributed by atoms with Gasteiger partial charge in [0.05, 0.1) is 6.04 Å². The molecule has 0 heterocycles. The van der Waals surface area contributed by atoms with Gasteiger partial charge in [-0.15, -0.1) is 0 Å². The predicted molar refractivity (Wildman–Crippen MR) is 117 cm³/mol. The van der Waals surface area contributed by atoms with Gasteiger partial charge in [0.1, 0.15) is 11.8 Å². The van der Waals surface area contributed by atoms with E-state index in [-0.39, 0.29) is 6.54 Å². The highest BCUT2D eigenvalue weighted by Gasteiger charge is 2.20. The lowest BCUT2D eigenvalue weighted by atomic mass is 10.1. The fourth-order valence-corrected chi connectivity index (χ4v) is 2.98. The number of ether oxygens (including phenoxy) is 1. The number of aliphatic carboxylic acids is 1. The highest BCUT2D eigenvalue weighted by atomic mass is 35.5. The maximum atomic E-state index is 12.4. The van der Waals surface area contributed by atoms with Gasteiger partial charge in [0.2, 0.25) is 11.8 Å². The number of carboxylic acids is 1. The number of carbonyl (C=O) groups excluding carboxylic acids is 2. The largest absolute Gasteiger partial charge is 0.482 e. The zero-order valence-corrected chi connectivity index (χ0v) is 17.9. The van der Waals surface area contributed by atoms with Crippen LogP contribution < -0.4 is 21.1 Å². The lowest BCUT2D eigenvalue weighted by molar-refractivity contribution is -0.139. The molecule has 0 spiro atoms. The zero-order chi connectivity index (χ0) is 22.8. The van der Waals surface area contributed by atoms with Gasteiger partial charge in [0.25, 0.3) is 0 Å². The van der Waals surface area contributed by atoms with Gasteiger partial charge in [-0.2, -0.15) is 0 Å². The van der Waals surface area contributed by atoms with Gasteiger partial charge in [-0.25, -0.2) is 4.79 Å². The van der Waals surface area contributed by atoms with Crippen molar-refractivity contribution in [2.24, 2.45) is 5.73 Å². The smallest absolute Gasteiger partial charge is 0.341 e. The van der Waals surface area contributed by atoms with Crippen molar-refractivity contribution in [1.82, 2.24) is 10.6 Å². The van der Waals surface area contributed by atoms with Crippen LogP contribution in [0.5, 0.6) is 5.75 Å². The maximum Gasteiger partial charge on any atom is 0.341 e. The quantitative estimate of drug-likeness (QED) is 0.416. The summed E-state index contributed by atoms with van der Waals surface area (Å²) in [5, 5.41) is 14.5. The van der Waals surface area contributed by atoms with Crippen LogP contribution in [0.25, 0.3) is 0 Å². The van der Waals surface area contributed by atoms with E-state index in [1.54, 1.807) is 19.1 Å². The molecular weight excluding hydrogens is 422 g/mol. The van der Waals surface area contributed by atoms with Crippen molar-refractivity contribution >= 4 is 29.4 Å². The molecule has 2 atom stereocenters. The average molecular weight is 448 g/mol. The third kappa shape index (κ3) is 8.27. The number of carboxylic acid groups (broad SMARTS) is 1. The molecule has 0 aliphatic carbocycles. The van der Waals surface area contributed by atoms with E-state index in [1.165, 1.54) is 6.07 Å². The Morgan fingerprint density at radius 2 is 1.84 bits per heavy atom. The number of nitrogens with one attached hydrogen (secondary N) is 2. The molecule has 0 radical (unpaired) electrons. The standard InChI is InChI=1S/C22H26ClN3O5/c1-14(26-22(30)18(24)9-7-15-5-3-2-4-6-15)21(29)25-12-16-11-17(23)8-10-19(16)31-13-20(27)28/h2-6,8,10-11,14,18H,7,9,12-13,24H2,1H3,(H,25,29)(H,26,30)(H,27,28)/t14-,18+/m0/s1. The third-order valence-corrected chi connectivity index (χ3v) is 4.74. The minimum atomic E-state index is -1.12. The van der Waals surface area contributed by atoms with Crippen LogP contribution >= 0.6 is 11.6 Å². The van der Waals surface area contributed by atoms with Crippen LogP contribution in [0.3, 0.4) is 0 Å². The van der Waals surface area contributed by atoms with Crippen molar-refractivity contribution in [3.05, 3.63) is 64.7 Å². The molecule has 0 saturated carbocycles. The minimum absolute atomic E-state index is 0.0502. The molecule has 2 rings (SSSR count). The van der Waals surface area contributed by atoms with E-state index in [9.17, 15) is 14.4 Å². The molecule has 2 aromatic carbocycles. The topological polar surface area (TPSA) is 131 Å². The van der Waals surface area contributed by atoms with Crippen LogP contribution in [-0.2, 0) is 27.3 Å². The first-order chi connectivity index (χ1) is 14.8. The van der Waals surface area contributed by atoms with Gasteiger partial charge < -0.3 is 26.2 Å². The Labute approximate surface area is 185 Å². The van der Waals surface area contributed by atoms with Crippen molar-refractivity contribution in [2.45, 2.75) is 38.4 Å². The van der Waals surface area contributed by atoms with E-state index in [2.05, 4.69) is 10.6 Å². The fraction of sp³-hybridized carbons (Fsp3) is 0.318. The van der Waals surface area contributed by atoms with Crippen LogP contribution in [-0.4, -0.2) is 41.6 Å². The molecule has 2 aromatic rings. The number of amides is 2. The molecule has 5 N–H and O–H groups in total. The Bertz CT molecular complexity index is 907. The first-order valence-corrected chi connectivity index (χ1v) is 10.1. The first kappa shape index (κ1) is 24.2. The van der Waals surface area contributed by atoms with E-state index in [0.717, 1.165) is 5.56 Å². The number of hydrogen-bond acceptors (Lipinski definition) is 5. The molecule has 0 fully saturated rings. The predicted octanol–water partition coefficient (Wildman–Crippen LogP) is 1.88. The van der Waals surface area contributed by atoms with Crippen LogP contribution in [0.15, 0.2) is 48.5 Å². The molecule has 31 heavy (non-hydrogen) atoms. The number of halogens is 1. The molecule has 0 aliphatic rings. The van der Waals surface area contributed by atoms with Crippen LogP contribution in [0.2, 0.25) is 5.02 Å². The van der Waals surface area contributed by atoms with Crippen molar-refractivity contribution in [3.63, 3.8) is 0 Å². The second-order valence-corrected chi connectivity index (χ2v) is 7.45. The summed E-state index contributed by atoms with van der Waals surface area (Å²) in [4.78, 5) is 35.4. The Morgan fingerprint density at radius 3 is 2.52 bits per heavy atom. The molecule has 0 bridgehead atoms. The van der Waals surface area contributed by atoms with Gasteiger partial charge in [-0.1, -0.05) is 41.9 Å². The molecule has 166 valence electrons. The summed E-state index contributed by atoms with van der Waals surface area (Å²) in [5.41, 5.74) is 7.55. The minimum Gasteiger partial charge on any atom is -0.482 e. The van der Waals surface area contributed by atoms with Gasteiger partial charge in [-0.3, -0.25) is 9.59 Å². The Kier molecular flexibility index (Phi) is 9.30. The SMILES string of the molecule is C[C@H](NC(=O)[C@H](N)CCc1ccccc1)C(=O)NCc1cc(Cl)ccc1OCC(=O)O. The number of rotatable bonds is 11. The molecule has 0 unspecified atom stereocenters. The van der Waals surface area contributed by atoms with Crippen LogP contribution in [0, 0.1) is 0 Å². The summed E-state index contributed by atoms with van der Waals surface area (Å²) in [6.45, 7) is 1.08. The van der Waals surface area contributed by atoms with Gasteiger partial charge in [0, 0.05) is 17.1 Å². The molecule has 0 aliphatic heterocycles. The summed E-state index contributed by atoms with van der Waals surface area (Å²) in [6, 6.07) is 12.8. The average Bonchev–Trinajstić information content (AvgIpc) is 2.75. The summed E-state index contributed by atoms with van der Waals surface area (Å²) in [6.07, 6.45) is 1.11. The highest BCUT2D eigenvalue weighted by Crippen LogP contribution is 2.23. The number of hydrogen-bond donors (Lipinski definition) is 4. The number of nitrogens with two attached hydrogens (primary N) is 1. The molecule has 8 nitrogen and oxygen atoms in total. The van der Waals surface area contributed by atoms with Gasteiger partial charge in [0.15, 0.2) is 6.61 Å². The Balaban J connectivity index is 1.84.